The summed E-state index contributed by atoms with van der Waals surface area (Å²) < 4.78 is 19.0. The maximum atomic E-state index is 13.4. The molecule has 0 spiro atoms. The summed E-state index contributed by atoms with van der Waals surface area (Å²) in [7, 11) is 0. The van der Waals surface area contributed by atoms with Gasteiger partial charge in [-0.3, -0.25) is 0 Å². The van der Waals surface area contributed by atoms with Crippen LogP contribution in [0.1, 0.15) is 13.8 Å². The second kappa shape index (κ2) is 5.40. The highest BCUT2D eigenvalue weighted by Gasteiger charge is 2.08. The van der Waals surface area contributed by atoms with E-state index < -0.39 is 5.82 Å². The Morgan fingerprint density at radius 3 is 2.56 bits per heavy atom. The largest absolute Gasteiger partial charge is 0.491 e. The van der Waals surface area contributed by atoms with Crippen molar-refractivity contribution in [2.75, 3.05) is 0 Å². The standard InChI is InChI=1S/C15H14ClFO/c1-10(2)18-12-6-3-5-11(9-12)13-7-4-8-14(17)15(13)16/h3-10H,1-2H3. The molecule has 1 nitrogen and oxygen atoms in total. The molecule has 0 amide bonds. The lowest BCUT2D eigenvalue weighted by molar-refractivity contribution is 0.242. The molecule has 18 heavy (non-hydrogen) atoms. The Morgan fingerprint density at radius 2 is 1.83 bits per heavy atom. The fourth-order valence-electron chi connectivity index (χ4n) is 1.74. The van der Waals surface area contributed by atoms with Crippen LogP contribution >= 0.6 is 11.6 Å². The van der Waals surface area contributed by atoms with Gasteiger partial charge in [-0.05, 0) is 37.6 Å². The fraction of sp³-hybridized carbons (Fsp3) is 0.200. The zero-order valence-corrected chi connectivity index (χ0v) is 11.0. The molecule has 0 bridgehead atoms. The van der Waals surface area contributed by atoms with Crippen LogP contribution < -0.4 is 4.74 Å². The number of hydrogen-bond donors (Lipinski definition) is 0. The molecule has 0 aliphatic heterocycles. The number of ether oxygens (including phenoxy) is 1. The molecular weight excluding hydrogens is 251 g/mol. The number of rotatable bonds is 3. The lowest BCUT2D eigenvalue weighted by atomic mass is 10.1. The van der Waals surface area contributed by atoms with Crippen molar-refractivity contribution >= 4 is 11.6 Å². The van der Waals surface area contributed by atoms with Gasteiger partial charge in [-0.1, -0.05) is 35.9 Å². The summed E-state index contributed by atoms with van der Waals surface area (Å²) in [6.07, 6.45) is 0.100. The SMILES string of the molecule is CC(C)Oc1cccc(-c2cccc(F)c2Cl)c1. The monoisotopic (exact) mass is 264 g/mol. The van der Waals surface area contributed by atoms with Crippen molar-refractivity contribution in [2.45, 2.75) is 20.0 Å². The minimum Gasteiger partial charge on any atom is -0.491 e. The van der Waals surface area contributed by atoms with Crippen LogP contribution in [0.4, 0.5) is 4.39 Å². The van der Waals surface area contributed by atoms with E-state index in [0.717, 1.165) is 11.3 Å². The lowest BCUT2D eigenvalue weighted by Crippen LogP contribution is -2.05. The van der Waals surface area contributed by atoms with Crippen LogP contribution in [-0.4, -0.2) is 6.10 Å². The van der Waals surface area contributed by atoms with E-state index in [1.165, 1.54) is 6.07 Å². The van der Waals surface area contributed by atoms with Crippen LogP contribution in [0, 0.1) is 5.82 Å². The maximum Gasteiger partial charge on any atom is 0.142 e. The Bertz CT molecular complexity index is 552. The van der Waals surface area contributed by atoms with Crippen molar-refractivity contribution < 1.29 is 9.13 Å². The predicted octanol–water partition coefficient (Wildman–Crippen LogP) is 4.93. The molecule has 2 aromatic carbocycles. The summed E-state index contributed by atoms with van der Waals surface area (Å²) in [5.74, 6) is 0.340. The van der Waals surface area contributed by atoms with Gasteiger partial charge < -0.3 is 4.74 Å². The van der Waals surface area contributed by atoms with Gasteiger partial charge in [-0.2, -0.15) is 0 Å². The number of benzene rings is 2. The van der Waals surface area contributed by atoms with E-state index in [0.29, 0.717) is 5.56 Å². The van der Waals surface area contributed by atoms with Crippen molar-refractivity contribution in [1.82, 2.24) is 0 Å². The lowest BCUT2D eigenvalue weighted by Gasteiger charge is -2.11. The Labute approximate surface area is 111 Å². The zero-order valence-electron chi connectivity index (χ0n) is 10.3. The Hall–Kier alpha value is -1.54. The maximum absolute atomic E-state index is 13.4. The quantitative estimate of drug-likeness (QED) is 0.763. The van der Waals surface area contributed by atoms with Crippen LogP contribution in [-0.2, 0) is 0 Å². The Morgan fingerprint density at radius 1 is 1.11 bits per heavy atom. The summed E-state index contributed by atoms with van der Waals surface area (Å²) in [6.45, 7) is 3.92. The highest BCUT2D eigenvalue weighted by molar-refractivity contribution is 6.33. The van der Waals surface area contributed by atoms with Gasteiger partial charge in [0.05, 0.1) is 11.1 Å². The van der Waals surface area contributed by atoms with E-state index in [9.17, 15) is 4.39 Å². The third-order valence-electron chi connectivity index (χ3n) is 2.47. The molecule has 3 heteroatoms. The molecule has 2 rings (SSSR count). The van der Waals surface area contributed by atoms with Gasteiger partial charge in [0.25, 0.3) is 0 Å². The molecule has 0 heterocycles. The van der Waals surface area contributed by atoms with Crippen LogP contribution in [0.2, 0.25) is 5.02 Å². The van der Waals surface area contributed by atoms with Gasteiger partial charge in [0.15, 0.2) is 0 Å². The second-order valence-corrected chi connectivity index (χ2v) is 4.67. The first-order valence-corrected chi connectivity index (χ1v) is 6.17. The summed E-state index contributed by atoms with van der Waals surface area (Å²) in [5.41, 5.74) is 1.52. The molecule has 94 valence electrons. The van der Waals surface area contributed by atoms with E-state index in [2.05, 4.69) is 0 Å². The molecular formula is C15H14ClFO. The van der Waals surface area contributed by atoms with Gasteiger partial charge in [0, 0.05) is 5.56 Å². The van der Waals surface area contributed by atoms with E-state index in [4.69, 9.17) is 16.3 Å². The van der Waals surface area contributed by atoms with Crippen LogP contribution in [0.25, 0.3) is 11.1 Å². The molecule has 0 aliphatic carbocycles. The van der Waals surface area contributed by atoms with E-state index in [1.807, 2.05) is 38.1 Å². The normalized spacial score (nSPS) is 10.7. The van der Waals surface area contributed by atoms with Crippen molar-refractivity contribution in [3.8, 4) is 16.9 Å². The fourth-order valence-corrected chi connectivity index (χ4v) is 1.97. The number of halogens is 2. The summed E-state index contributed by atoms with van der Waals surface area (Å²) in [4.78, 5) is 0. The first-order chi connectivity index (χ1) is 8.58. The first-order valence-electron chi connectivity index (χ1n) is 5.79. The zero-order chi connectivity index (χ0) is 13.1. The number of hydrogen-bond acceptors (Lipinski definition) is 1. The third-order valence-corrected chi connectivity index (χ3v) is 2.85. The molecule has 0 aromatic heterocycles. The van der Waals surface area contributed by atoms with Crippen LogP contribution in [0.15, 0.2) is 42.5 Å². The predicted molar refractivity (Wildman–Crippen MR) is 72.6 cm³/mol. The van der Waals surface area contributed by atoms with E-state index in [-0.39, 0.29) is 11.1 Å². The average molecular weight is 265 g/mol. The molecule has 0 atom stereocenters. The van der Waals surface area contributed by atoms with Gasteiger partial charge in [-0.15, -0.1) is 0 Å². The molecule has 0 unspecified atom stereocenters. The van der Waals surface area contributed by atoms with Crippen LogP contribution in [0.5, 0.6) is 5.75 Å². The Kier molecular flexibility index (Phi) is 3.87. The van der Waals surface area contributed by atoms with Crippen molar-refractivity contribution in [1.29, 1.82) is 0 Å². The molecule has 0 saturated carbocycles. The minimum atomic E-state index is -0.413. The van der Waals surface area contributed by atoms with Crippen molar-refractivity contribution in [3.05, 3.63) is 53.3 Å². The molecule has 0 saturated heterocycles. The van der Waals surface area contributed by atoms with Gasteiger partial charge >= 0.3 is 0 Å². The molecule has 0 radical (unpaired) electrons. The second-order valence-electron chi connectivity index (χ2n) is 4.30. The van der Waals surface area contributed by atoms with Crippen LogP contribution in [0.3, 0.4) is 0 Å². The Balaban J connectivity index is 2.41. The van der Waals surface area contributed by atoms with Crippen molar-refractivity contribution in [2.24, 2.45) is 0 Å². The summed E-state index contributed by atoms with van der Waals surface area (Å²) in [5, 5.41) is 0.138. The van der Waals surface area contributed by atoms with E-state index >= 15 is 0 Å². The molecule has 0 fully saturated rings. The average Bonchev–Trinajstić information content (AvgIpc) is 2.32. The molecule has 2 aromatic rings. The van der Waals surface area contributed by atoms with Gasteiger partial charge in [-0.25, -0.2) is 4.39 Å². The highest BCUT2D eigenvalue weighted by Crippen LogP contribution is 2.31. The minimum absolute atomic E-state index is 0.100. The summed E-state index contributed by atoms with van der Waals surface area (Å²) >= 11 is 5.97. The van der Waals surface area contributed by atoms with Crippen molar-refractivity contribution in [3.63, 3.8) is 0 Å². The highest BCUT2D eigenvalue weighted by atomic mass is 35.5. The van der Waals surface area contributed by atoms with Gasteiger partial charge in [0.1, 0.15) is 11.6 Å². The summed E-state index contributed by atoms with van der Waals surface area (Å²) in [6, 6.07) is 12.3. The topological polar surface area (TPSA) is 9.23 Å². The third kappa shape index (κ3) is 2.82. The molecule has 0 N–H and O–H groups in total. The molecule has 0 aliphatic rings. The smallest absolute Gasteiger partial charge is 0.142 e. The van der Waals surface area contributed by atoms with Gasteiger partial charge in [0.2, 0.25) is 0 Å². The van der Waals surface area contributed by atoms with E-state index in [1.54, 1.807) is 12.1 Å². The first kappa shape index (κ1) is 12.9.